The molecule has 11 heavy (non-hydrogen) atoms. The van der Waals surface area contributed by atoms with Crippen molar-refractivity contribution in [2.24, 2.45) is 5.92 Å². The Kier molecular flexibility index (Phi) is 1.42. The highest BCUT2D eigenvalue weighted by atomic mass is 16.3. The summed E-state index contributed by atoms with van der Waals surface area (Å²) in [7, 11) is 0. The van der Waals surface area contributed by atoms with Gasteiger partial charge in [-0.2, -0.15) is 0 Å². The predicted octanol–water partition coefficient (Wildman–Crippen LogP) is 0.0375. The first kappa shape index (κ1) is 7.10. The van der Waals surface area contributed by atoms with Gasteiger partial charge < -0.3 is 10.4 Å². The van der Waals surface area contributed by atoms with Crippen molar-refractivity contribution in [1.82, 2.24) is 5.32 Å². The molecule has 0 aliphatic heterocycles. The molecule has 3 nitrogen and oxygen atoms in total. The molecular weight excluding hydrogens is 142 g/mol. The molecule has 0 unspecified atom stereocenters. The highest BCUT2D eigenvalue weighted by Crippen LogP contribution is 2.37. The lowest BCUT2D eigenvalue weighted by molar-refractivity contribution is -0.123. The van der Waals surface area contributed by atoms with Crippen LogP contribution in [0.25, 0.3) is 0 Å². The Labute approximate surface area is 65.8 Å². The van der Waals surface area contributed by atoms with Gasteiger partial charge in [0, 0.05) is 5.92 Å². The molecule has 0 bridgehead atoms. The van der Waals surface area contributed by atoms with E-state index in [0.29, 0.717) is 0 Å². The number of hydrogen-bond donors (Lipinski definition) is 2. The summed E-state index contributed by atoms with van der Waals surface area (Å²) in [6, 6.07) is 0. The predicted molar refractivity (Wildman–Crippen MR) is 39.9 cm³/mol. The fourth-order valence-electron chi connectivity index (χ4n) is 1.18. The van der Waals surface area contributed by atoms with E-state index >= 15 is 0 Å². The van der Waals surface area contributed by atoms with E-state index in [1.165, 1.54) is 0 Å². The fraction of sp³-hybridized carbons (Fsp3) is 0.875. The Morgan fingerprint density at radius 2 is 2.18 bits per heavy atom. The van der Waals surface area contributed by atoms with Crippen molar-refractivity contribution < 1.29 is 9.90 Å². The van der Waals surface area contributed by atoms with Gasteiger partial charge in [0.2, 0.25) is 5.91 Å². The number of rotatable bonds is 3. The Balaban J connectivity index is 1.84. The topological polar surface area (TPSA) is 49.3 Å². The minimum Gasteiger partial charge on any atom is -0.394 e. The summed E-state index contributed by atoms with van der Waals surface area (Å²) in [6.07, 6.45) is 3.96. The van der Waals surface area contributed by atoms with Gasteiger partial charge in [-0.05, 0) is 25.7 Å². The summed E-state index contributed by atoms with van der Waals surface area (Å²) in [6.45, 7) is 0.103. The molecule has 2 aliphatic carbocycles. The third kappa shape index (κ3) is 1.38. The molecule has 0 radical (unpaired) electrons. The second kappa shape index (κ2) is 2.21. The lowest BCUT2D eigenvalue weighted by Gasteiger charge is -2.13. The normalized spacial score (nSPS) is 26.3. The first-order valence-corrected chi connectivity index (χ1v) is 4.19. The fourth-order valence-corrected chi connectivity index (χ4v) is 1.18. The van der Waals surface area contributed by atoms with Crippen LogP contribution in [0.15, 0.2) is 0 Å². The van der Waals surface area contributed by atoms with Gasteiger partial charge in [0.15, 0.2) is 0 Å². The van der Waals surface area contributed by atoms with Crippen LogP contribution in [0.2, 0.25) is 0 Å². The second-order valence-corrected chi connectivity index (χ2v) is 3.70. The minimum atomic E-state index is -0.209. The highest BCUT2D eigenvalue weighted by Gasteiger charge is 2.45. The quantitative estimate of drug-likeness (QED) is 0.604. The molecule has 2 N–H and O–H groups in total. The molecule has 2 rings (SSSR count). The first-order valence-electron chi connectivity index (χ1n) is 4.19. The van der Waals surface area contributed by atoms with Crippen LogP contribution in [0.3, 0.4) is 0 Å². The molecule has 0 saturated heterocycles. The third-order valence-electron chi connectivity index (χ3n) is 2.49. The number of aliphatic hydroxyl groups is 1. The van der Waals surface area contributed by atoms with Gasteiger partial charge in [0.05, 0.1) is 12.1 Å². The minimum absolute atomic E-state index is 0.103. The van der Waals surface area contributed by atoms with Crippen molar-refractivity contribution in [2.45, 2.75) is 31.2 Å². The molecular formula is C8H13NO2. The maximum Gasteiger partial charge on any atom is 0.223 e. The van der Waals surface area contributed by atoms with Crippen molar-refractivity contribution in [1.29, 1.82) is 0 Å². The average molecular weight is 155 g/mol. The van der Waals surface area contributed by atoms with Crippen molar-refractivity contribution in [3.8, 4) is 0 Å². The zero-order valence-corrected chi connectivity index (χ0v) is 6.47. The van der Waals surface area contributed by atoms with E-state index in [-0.39, 0.29) is 24.0 Å². The Morgan fingerprint density at radius 1 is 1.55 bits per heavy atom. The molecule has 2 fully saturated rings. The standard InChI is InChI=1S/C8H13NO2/c10-5-8(3-4-8)9-7(11)6-1-2-6/h6,10H,1-5H2,(H,9,11). The summed E-state index contributed by atoms with van der Waals surface area (Å²) in [4.78, 5) is 11.2. The molecule has 0 spiro atoms. The maximum atomic E-state index is 11.2. The number of carbonyl (C=O) groups excluding carboxylic acids is 1. The van der Waals surface area contributed by atoms with E-state index in [1.54, 1.807) is 0 Å². The summed E-state index contributed by atoms with van der Waals surface area (Å²) in [5.74, 6) is 0.413. The number of hydrogen-bond acceptors (Lipinski definition) is 2. The molecule has 0 heterocycles. The van der Waals surface area contributed by atoms with Gasteiger partial charge >= 0.3 is 0 Å². The Morgan fingerprint density at radius 3 is 2.55 bits per heavy atom. The Hall–Kier alpha value is -0.570. The van der Waals surface area contributed by atoms with Gasteiger partial charge in [-0.15, -0.1) is 0 Å². The molecule has 2 aliphatic rings. The van der Waals surface area contributed by atoms with E-state index in [2.05, 4.69) is 5.32 Å². The lowest BCUT2D eigenvalue weighted by Crippen LogP contribution is -2.40. The van der Waals surface area contributed by atoms with Crippen molar-refractivity contribution in [3.05, 3.63) is 0 Å². The SMILES string of the molecule is O=C(NC1(CO)CC1)C1CC1. The molecule has 0 atom stereocenters. The van der Waals surface area contributed by atoms with Gasteiger partial charge in [0.1, 0.15) is 0 Å². The molecule has 2 saturated carbocycles. The zero-order chi connectivity index (χ0) is 7.90. The van der Waals surface area contributed by atoms with E-state index in [0.717, 1.165) is 25.7 Å². The number of aliphatic hydroxyl groups excluding tert-OH is 1. The van der Waals surface area contributed by atoms with Crippen LogP contribution in [-0.4, -0.2) is 23.2 Å². The third-order valence-corrected chi connectivity index (χ3v) is 2.49. The summed E-state index contributed by atoms with van der Waals surface area (Å²) >= 11 is 0. The van der Waals surface area contributed by atoms with Crippen LogP contribution in [0.1, 0.15) is 25.7 Å². The van der Waals surface area contributed by atoms with Crippen molar-refractivity contribution in [2.75, 3.05) is 6.61 Å². The van der Waals surface area contributed by atoms with Crippen LogP contribution in [0, 0.1) is 5.92 Å². The molecule has 1 amide bonds. The number of carbonyl (C=O) groups is 1. The first-order chi connectivity index (χ1) is 5.26. The molecule has 0 aromatic heterocycles. The monoisotopic (exact) mass is 155 g/mol. The van der Waals surface area contributed by atoms with E-state index < -0.39 is 0 Å². The highest BCUT2D eigenvalue weighted by molar-refractivity contribution is 5.82. The van der Waals surface area contributed by atoms with Gasteiger partial charge in [0.25, 0.3) is 0 Å². The van der Waals surface area contributed by atoms with Crippen molar-refractivity contribution in [3.63, 3.8) is 0 Å². The van der Waals surface area contributed by atoms with Crippen LogP contribution in [0.5, 0.6) is 0 Å². The Bertz CT molecular complexity index is 183. The number of amides is 1. The van der Waals surface area contributed by atoms with E-state index in [1.807, 2.05) is 0 Å². The summed E-state index contributed by atoms with van der Waals surface area (Å²) in [5.41, 5.74) is -0.209. The maximum absolute atomic E-state index is 11.2. The molecule has 62 valence electrons. The lowest BCUT2D eigenvalue weighted by atomic mass is 10.2. The smallest absolute Gasteiger partial charge is 0.223 e. The summed E-state index contributed by atoms with van der Waals surface area (Å²) in [5, 5.41) is 11.8. The van der Waals surface area contributed by atoms with Crippen LogP contribution < -0.4 is 5.32 Å². The van der Waals surface area contributed by atoms with Gasteiger partial charge in [-0.3, -0.25) is 4.79 Å². The van der Waals surface area contributed by atoms with Crippen LogP contribution in [0.4, 0.5) is 0 Å². The molecule has 3 heteroatoms. The average Bonchev–Trinajstić information content (AvgIpc) is 2.85. The van der Waals surface area contributed by atoms with Crippen LogP contribution >= 0.6 is 0 Å². The zero-order valence-electron chi connectivity index (χ0n) is 6.47. The second-order valence-electron chi connectivity index (χ2n) is 3.70. The van der Waals surface area contributed by atoms with Crippen LogP contribution in [-0.2, 0) is 4.79 Å². The van der Waals surface area contributed by atoms with Gasteiger partial charge in [-0.25, -0.2) is 0 Å². The molecule has 0 aromatic rings. The largest absolute Gasteiger partial charge is 0.394 e. The van der Waals surface area contributed by atoms with Gasteiger partial charge in [-0.1, -0.05) is 0 Å². The van der Waals surface area contributed by atoms with E-state index in [4.69, 9.17) is 5.11 Å². The summed E-state index contributed by atoms with van der Waals surface area (Å²) < 4.78 is 0. The van der Waals surface area contributed by atoms with E-state index in [9.17, 15) is 4.79 Å². The number of nitrogens with one attached hydrogen (secondary N) is 1. The molecule has 0 aromatic carbocycles. The van der Waals surface area contributed by atoms with Crippen molar-refractivity contribution >= 4 is 5.91 Å².